The summed E-state index contributed by atoms with van der Waals surface area (Å²) in [5, 5.41) is 0.897. The van der Waals surface area contributed by atoms with Crippen LogP contribution in [0, 0.1) is 0 Å². The second kappa shape index (κ2) is 6.38. The zero-order chi connectivity index (χ0) is 13.8. The molecule has 0 bridgehead atoms. The molecule has 3 heteroatoms. The van der Waals surface area contributed by atoms with Crippen LogP contribution in [0.15, 0.2) is 48.8 Å². The predicted octanol–water partition coefficient (Wildman–Crippen LogP) is 4.11. The van der Waals surface area contributed by atoms with Crippen LogP contribution in [-0.2, 0) is 6.42 Å². The normalized spacial score (nSPS) is 19.4. The molecular formula is C17H19ClN2. The topological polar surface area (TPSA) is 16.1 Å². The van der Waals surface area contributed by atoms with Crippen LogP contribution in [0.5, 0.6) is 0 Å². The first-order chi connectivity index (χ1) is 9.84. The van der Waals surface area contributed by atoms with E-state index in [2.05, 4.69) is 34.1 Å². The molecule has 0 N–H and O–H groups in total. The van der Waals surface area contributed by atoms with Gasteiger partial charge in [-0.3, -0.25) is 9.88 Å². The highest BCUT2D eigenvalue weighted by Gasteiger charge is 2.26. The molecule has 2 aromatic rings. The van der Waals surface area contributed by atoms with Crippen molar-refractivity contribution in [3.05, 3.63) is 64.9 Å². The molecule has 1 saturated heterocycles. The maximum Gasteiger partial charge on any atom is 0.0453 e. The van der Waals surface area contributed by atoms with E-state index in [1.165, 1.54) is 30.5 Å². The van der Waals surface area contributed by atoms with Crippen molar-refractivity contribution in [2.45, 2.75) is 25.3 Å². The fourth-order valence-electron chi connectivity index (χ4n) is 3.01. The Kier molecular flexibility index (Phi) is 4.34. The molecule has 0 unspecified atom stereocenters. The lowest BCUT2D eigenvalue weighted by Crippen LogP contribution is -2.25. The fourth-order valence-corrected chi connectivity index (χ4v) is 3.28. The van der Waals surface area contributed by atoms with Crippen molar-refractivity contribution in [3.8, 4) is 0 Å². The van der Waals surface area contributed by atoms with Gasteiger partial charge in [-0.2, -0.15) is 0 Å². The Bertz CT molecular complexity index is 556. The van der Waals surface area contributed by atoms with Crippen LogP contribution in [0.2, 0.25) is 5.02 Å². The van der Waals surface area contributed by atoms with Gasteiger partial charge in [0.05, 0.1) is 0 Å². The zero-order valence-corrected chi connectivity index (χ0v) is 12.3. The first-order valence-corrected chi connectivity index (χ1v) is 7.60. The molecule has 0 spiro atoms. The van der Waals surface area contributed by atoms with Crippen LogP contribution >= 0.6 is 11.6 Å². The average molecular weight is 287 g/mol. The molecule has 1 aromatic heterocycles. The first-order valence-electron chi connectivity index (χ1n) is 7.22. The molecule has 20 heavy (non-hydrogen) atoms. The van der Waals surface area contributed by atoms with E-state index in [9.17, 15) is 0 Å². The number of halogens is 1. The molecule has 0 aliphatic carbocycles. The molecule has 104 valence electrons. The minimum atomic E-state index is 0.477. The Labute approximate surface area is 125 Å². The van der Waals surface area contributed by atoms with Gasteiger partial charge in [0.2, 0.25) is 0 Å². The highest BCUT2D eigenvalue weighted by Crippen LogP contribution is 2.35. The minimum Gasteiger partial charge on any atom is -0.296 e. The number of pyridine rings is 1. The second-order valence-electron chi connectivity index (χ2n) is 5.32. The molecule has 0 amide bonds. The minimum absolute atomic E-state index is 0.477. The summed E-state index contributed by atoms with van der Waals surface area (Å²) in [7, 11) is 0. The van der Waals surface area contributed by atoms with Gasteiger partial charge in [0.1, 0.15) is 0 Å². The molecule has 0 saturated carbocycles. The van der Waals surface area contributed by atoms with E-state index in [1.54, 1.807) is 0 Å². The van der Waals surface area contributed by atoms with Gasteiger partial charge in [0, 0.05) is 30.0 Å². The van der Waals surface area contributed by atoms with Gasteiger partial charge >= 0.3 is 0 Å². The van der Waals surface area contributed by atoms with Crippen LogP contribution in [0.25, 0.3) is 0 Å². The number of hydrogen-bond donors (Lipinski definition) is 0. The van der Waals surface area contributed by atoms with Crippen molar-refractivity contribution in [3.63, 3.8) is 0 Å². The third-order valence-corrected chi connectivity index (χ3v) is 4.41. The quantitative estimate of drug-likeness (QED) is 0.841. The lowest BCUT2D eigenvalue weighted by Gasteiger charge is -2.25. The van der Waals surface area contributed by atoms with Gasteiger partial charge in [-0.25, -0.2) is 0 Å². The van der Waals surface area contributed by atoms with Crippen molar-refractivity contribution < 1.29 is 0 Å². The Balaban J connectivity index is 1.69. The predicted molar refractivity (Wildman–Crippen MR) is 82.9 cm³/mol. The molecule has 1 aliphatic rings. The monoisotopic (exact) mass is 286 g/mol. The van der Waals surface area contributed by atoms with E-state index in [-0.39, 0.29) is 0 Å². The van der Waals surface area contributed by atoms with Gasteiger partial charge in [-0.05, 0) is 55.1 Å². The molecule has 1 aromatic carbocycles. The van der Waals surface area contributed by atoms with Gasteiger partial charge < -0.3 is 0 Å². The number of aromatic nitrogens is 1. The third-order valence-electron chi connectivity index (χ3n) is 4.06. The van der Waals surface area contributed by atoms with Gasteiger partial charge in [-0.15, -0.1) is 0 Å². The summed E-state index contributed by atoms with van der Waals surface area (Å²) in [5.41, 5.74) is 2.63. The van der Waals surface area contributed by atoms with E-state index in [0.29, 0.717) is 6.04 Å². The Hall–Kier alpha value is -1.38. The van der Waals surface area contributed by atoms with Crippen LogP contribution in [-0.4, -0.2) is 23.0 Å². The molecule has 1 aliphatic heterocycles. The molecule has 2 nitrogen and oxygen atoms in total. The largest absolute Gasteiger partial charge is 0.296 e. The average Bonchev–Trinajstić information content (AvgIpc) is 2.95. The number of nitrogens with zero attached hydrogens (tertiary/aromatic N) is 2. The first kappa shape index (κ1) is 13.6. The van der Waals surface area contributed by atoms with Gasteiger partial charge in [0.25, 0.3) is 0 Å². The van der Waals surface area contributed by atoms with E-state index >= 15 is 0 Å². The number of benzene rings is 1. The number of likely N-dealkylation sites (tertiary alicyclic amines) is 1. The number of rotatable bonds is 4. The molecule has 1 fully saturated rings. The highest BCUT2D eigenvalue weighted by molar-refractivity contribution is 6.31. The third kappa shape index (κ3) is 3.02. The van der Waals surface area contributed by atoms with Gasteiger partial charge in [0.15, 0.2) is 0 Å². The smallest absolute Gasteiger partial charge is 0.0453 e. The summed E-state index contributed by atoms with van der Waals surface area (Å²) in [5.74, 6) is 0. The molecule has 2 heterocycles. The SMILES string of the molecule is Clc1ccccc1[C@@H]1CCCN1CCc1ccncc1. The van der Waals surface area contributed by atoms with E-state index in [1.807, 2.05) is 24.5 Å². The van der Waals surface area contributed by atoms with Crippen molar-refractivity contribution in [2.75, 3.05) is 13.1 Å². The summed E-state index contributed by atoms with van der Waals surface area (Å²) in [4.78, 5) is 6.63. The summed E-state index contributed by atoms with van der Waals surface area (Å²) in [6, 6.07) is 12.9. The Morgan fingerprint density at radius 1 is 1.15 bits per heavy atom. The summed E-state index contributed by atoms with van der Waals surface area (Å²) >= 11 is 6.35. The summed E-state index contributed by atoms with van der Waals surface area (Å²) in [6.07, 6.45) is 7.27. The van der Waals surface area contributed by atoms with E-state index in [4.69, 9.17) is 11.6 Å². The maximum absolute atomic E-state index is 6.35. The van der Waals surface area contributed by atoms with Crippen molar-refractivity contribution in [2.24, 2.45) is 0 Å². The standard InChI is InChI=1S/C17H19ClN2/c18-16-5-2-1-4-15(16)17-6-3-12-20(17)13-9-14-7-10-19-11-8-14/h1-2,4-5,7-8,10-11,17H,3,6,9,12-13H2/t17-/m0/s1. The van der Waals surface area contributed by atoms with E-state index in [0.717, 1.165) is 18.0 Å². The zero-order valence-electron chi connectivity index (χ0n) is 11.5. The van der Waals surface area contributed by atoms with Crippen molar-refractivity contribution in [1.29, 1.82) is 0 Å². The van der Waals surface area contributed by atoms with Crippen LogP contribution in [0.1, 0.15) is 30.0 Å². The molecule has 3 rings (SSSR count). The Morgan fingerprint density at radius 2 is 1.95 bits per heavy atom. The summed E-state index contributed by atoms with van der Waals surface area (Å²) < 4.78 is 0. The fraction of sp³-hybridized carbons (Fsp3) is 0.353. The van der Waals surface area contributed by atoms with E-state index < -0.39 is 0 Å². The number of hydrogen-bond acceptors (Lipinski definition) is 2. The second-order valence-corrected chi connectivity index (χ2v) is 5.73. The van der Waals surface area contributed by atoms with Gasteiger partial charge in [-0.1, -0.05) is 29.8 Å². The lowest BCUT2D eigenvalue weighted by atomic mass is 10.0. The van der Waals surface area contributed by atoms with Crippen LogP contribution in [0.4, 0.5) is 0 Å². The molecular weight excluding hydrogens is 268 g/mol. The lowest BCUT2D eigenvalue weighted by molar-refractivity contribution is 0.260. The van der Waals surface area contributed by atoms with Crippen molar-refractivity contribution >= 4 is 11.6 Å². The highest BCUT2D eigenvalue weighted by atomic mass is 35.5. The summed E-state index contributed by atoms with van der Waals surface area (Å²) in [6.45, 7) is 2.25. The van der Waals surface area contributed by atoms with Crippen LogP contribution < -0.4 is 0 Å². The van der Waals surface area contributed by atoms with Crippen LogP contribution in [0.3, 0.4) is 0 Å². The van der Waals surface area contributed by atoms with Crippen molar-refractivity contribution in [1.82, 2.24) is 9.88 Å². The maximum atomic E-state index is 6.35. The Morgan fingerprint density at radius 3 is 2.75 bits per heavy atom. The molecule has 1 atom stereocenters. The molecule has 0 radical (unpaired) electrons.